The van der Waals surface area contributed by atoms with Gasteiger partial charge in [0, 0.05) is 19.5 Å². The Hall–Kier alpha value is -2.21. The van der Waals surface area contributed by atoms with Gasteiger partial charge in [-0.15, -0.1) is 0 Å². The number of hydrogen-bond acceptors (Lipinski definition) is 4. The lowest BCUT2D eigenvalue weighted by atomic mass is 9.87. The summed E-state index contributed by atoms with van der Waals surface area (Å²) in [6, 6.07) is 5.93. The lowest BCUT2D eigenvalue weighted by molar-refractivity contribution is -0.138. The molecule has 3 rings (SSSR count). The van der Waals surface area contributed by atoms with Gasteiger partial charge in [0.15, 0.2) is 0 Å². The van der Waals surface area contributed by atoms with E-state index >= 15 is 0 Å². The van der Waals surface area contributed by atoms with Gasteiger partial charge in [0.2, 0.25) is 11.8 Å². The van der Waals surface area contributed by atoms with E-state index in [-0.39, 0.29) is 24.3 Å². The number of amides is 2. The average molecular weight is 302 g/mol. The van der Waals surface area contributed by atoms with Crippen molar-refractivity contribution in [3.05, 3.63) is 34.9 Å². The van der Waals surface area contributed by atoms with Crippen molar-refractivity contribution in [2.24, 2.45) is 0 Å². The maximum absolute atomic E-state index is 11.9. The minimum atomic E-state index is -0.816. The van der Waals surface area contributed by atoms with Crippen molar-refractivity contribution in [2.45, 2.75) is 31.7 Å². The molecular formula is C16H18N2O4. The third-order valence-electron chi connectivity index (χ3n) is 4.32. The molecule has 1 aromatic rings. The third-order valence-corrected chi connectivity index (χ3v) is 4.32. The van der Waals surface area contributed by atoms with Crippen molar-refractivity contribution in [2.75, 3.05) is 13.1 Å². The Morgan fingerprint density at radius 1 is 1.27 bits per heavy atom. The molecule has 2 aliphatic heterocycles. The van der Waals surface area contributed by atoms with Gasteiger partial charge in [-0.25, -0.2) is 0 Å². The van der Waals surface area contributed by atoms with E-state index in [1.165, 1.54) is 5.56 Å². The molecule has 0 bridgehead atoms. The molecule has 0 radical (unpaired) electrons. The summed E-state index contributed by atoms with van der Waals surface area (Å²) in [6.07, 6.45) is 1.71. The molecule has 1 fully saturated rings. The van der Waals surface area contributed by atoms with Gasteiger partial charge < -0.3 is 5.11 Å². The van der Waals surface area contributed by atoms with Crippen LogP contribution >= 0.6 is 0 Å². The first-order chi connectivity index (χ1) is 10.5. The van der Waals surface area contributed by atoms with E-state index in [0.717, 1.165) is 17.5 Å². The molecule has 0 aliphatic carbocycles. The number of nitrogens with zero attached hydrogens (tertiary/aromatic N) is 1. The van der Waals surface area contributed by atoms with Gasteiger partial charge in [0.1, 0.15) is 0 Å². The Kier molecular flexibility index (Phi) is 3.94. The summed E-state index contributed by atoms with van der Waals surface area (Å²) in [5, 5.41) is 11.3. The van der Waals surface area contributed by atoms with Gasteiger partial charge >= 0.3 is 5.97 Å². The topological polar surface area (TPSA) is 86.7 Å². The first kappa shape index (κ1) is 14.7. The lowest BCUT2D eigenvalue weighted by Gasteiger charge is -2.29. The van der Waals surface area contributed by atoms with Crippen LogP contribution in [0.2, 0.25) is 0 Å². The molecule has 1 aromatic carbocycles. The summed E-state index contributed by atoms with van der Waals surface area (Å²) >= 11 is 0. The van der Waals surface area contributed by atoms with Crippen molar-refractivity contribution >= 4 is 17.8 Å². The van der Waals surface area contributed by atoms with Gasteiger partial charge in [-0.3, -0.25) is 24.6 Å². The molecular weight excluding hydrogens is 284 g/mol. The smallest absolute Gasteiger partial charge is 0.317 e. The molecule has 6 heteroatoms. The van der Waals surface area contributed by atoms with E-state index in [2.05, 4.69) is 5.32 Å². The average Bonchev–Trinajstić information content (AvgIpc) is 2.46. The summed E-state index contributed by atoms with van der Waals surface area (Å²) in [5.41, 5.74) is 3.22. The van der Waals surface area contributed by atoms with Crippen LogP contribution in [0, 0.1) is 0 Å². The summed E-state index contributed by atoms with van der Waals surface area (Å²) in [4.78, 5) is 35.9. The SMILES string of the molecule is O=C(O)CN1CCc2cc(C3CCC(=O)NC3=O)ccc2C1. The molecule has 1 saturated heterocycles. The van der Waals surface area contributed by atoms with E-state index in [1.807, 2.05) is 23.1 Å². The van der Waals surface area contributed by atoms with E-state index in [1.54, 1.807) is 0 Å². The summed E-state index contributed by atoms with van der Waals surface area (Å²) in [7, 11) is 0. The number of imide groups is 1. The standard InChI is InChI=1S/C16H18N2O4/c19-14-4-3-13(16(22)17-14)11-1-2-12-8-18(9-15(20)21)6-5-10(12)7-11/h1-2,7,13H,3-6,8-9H2,(H,20,21)(H,17,19,22). The van der Waals surface area contributed by atoms with Crippen LogP contribution in [-0.2, 0) is 27.3 Å². The van der Waals surface area contributed by atoms with Crippen LogP contribution in [0.3, 0.4) is 0 Å². The van der Waals surface area contributed by atoms with Gasteiger partial charge in [-0.1, -0.05) is 18.2 Å². The van der Waals surface area contributed by atoms with E-state index in [4.69, 9.17) is 5.11 Å². The number of nitrogens with one attached hydrogen (secondary N) is 1. The van der Waals surface area contributed by atoms with Gasteiger partial charge in [0.05, 0.1) is 12.5 Å². The molecule has 2 aliphatic rings. The highest BCUT2D eigenvalue weighted by Gasteiger charge is 2.29. The van der Waals surface area contributed by atoms with Crippen molar-refractivity contribution in [3.8, 4) is 0 Å². The summed E-state index contributed by atoms with van der Waals surface area (Å²) < 4.78 is 0. The molecule has 0 spiro atoms. The second-order valence-corrected chi connectivity index (χ2v) is 5.89. The number of rotatable bonds is 3. The first-order valence-electron chi connectivity index (χ1n) is 7.42. The summed E-state index contributed by atoms with van der Waals surface area (Å²) in [5.74, 6) is -1.51. The lowest BCUT2D eigenvalue weighted by Crippen LogP contribution is -2.39. The van der Waals surface area contributed by atoms with Crippen LogP contribution in [0.15, 0.2) is 18.2 Å². The van der Waals surface area contributed by atoms with Crippen molar-refractivity contribution in [1.29, 1.82) is 0 Å². The van der Waals surface area contributed by atoms with E-state index in [9.17, 15) is 14.4 Å². The molecule has 0 saturated carbocycles. The van der Waals surface area contributed by atoms with Crippen molar-refractivity contribution in [1.82, 2.24) is 10.2 Å². The Morgan fingerprint density at radius 3 is 2.82 bits per heavy atom. The fraction of sp³-hybridized carbons (Fsp3) is 0.438. The highest BCUT2D eigenvalue weighted by atomic mass is 16.4. The highest BCUT2D eigenvalue weighted by Crippen LogP contribution is 2.28. The summed E-state index contributed by atoms with van der Waals surface area (Å²) in [6.45, 7) is 1.38. The van der Waals surface area contributed by atoms with Crippen LogP contribution in [0.1, 0.15) is 35.4 Å². The molecule has 6 nitrogen and oxygen atoms in total. The van der Waals surface area contributed by atoms with Crippen LogP contribution in [0.25, 0.3) is 0 Å². The largest absolute Gasteiger partial charge is 0.480 e. The maximum atomic E-state index is 11.9. The number of fused-ring (bicyclic) bond motifs is 1. The highest BCUT2D eigenvalue weighted by molar-refractivity contribution is 6.00. The van der Waals surface area contributed by atoms with Crippen molar-refractivity contribution < 1.29 is 19.5 Å². The third kappa shape index (κ3) is 3.01. The van der Waals surface area contributed by atoms with Gasteiger partial charge in [-0.05, 0) is 29.5 Å². The fourth-order valence-corrected chi connectivity index (χ4v) is 3.19. The Balaban J connectivity index is 1.76. The zero-order valence-electron chi connectivity index (χ0n) is 12.2. The molecule has 116 valence electrons. The number of carboxylic acid groups (broad SMARTS) is 1. The minimum Gasteiger partial charge on any atom is -0.480 e. The Bertz CT molecular complexity index is 641. The molecule has 1 unspecified atom stereocenters. The Morgan fingerprint density at radius 2 is 2.09 bits per heavy atom. The van der Waals surface area contributed by atoms with Crippen LogP contribution in [0.4, 0.5) is 0 Å². The number of carbonyl (C=O) groups excluding carboxylic acids is 2. The minimum absolute atomic E-state index is 0.0499. The van der Waals surface area contributed by atoms with E-state index in [0.29, 0.717) is 25.9 Å². The van der Waals surface area contributed by atoms with Crippen LogP contribution < -0.4 is 5.32 Å². The molecule has 2 heterocycles. The predicted molar refractivity (Wildman–Crippen MR) is 78.2 cm³/mol. The number of piperidine rings is 1. The van der Waals surface area contributed by atoms with Crippen LogP contribution in [0.5, 0.6) is 0 Å². The fourth-order valence-electron chi connectivity index (χ4n) is 3.19. The monoisotopic (exact) mass is 302 g/mol. The normalized spacial score (nSPS) is 22.1. The number of carbonyl (C=O) groups is 3. The zero-order chi connectivity index (χ0) is 15.7. The maximum Gasteiger partial charge on any atom is 0.317 e. The number of hydrogen-bond donors (Lipinski definition) is 2. The molecule has 22 heavy (non-hydrogen) atoms. The molecule has 2 amide bonds. The molecule has 2 N–H and O–H groups in total. The van der Waals surface area contributed by atoms with E-state index < -0.39 is 5.97 Å². The second-order valence-electron chi connectivity index (χ2n) is 5.89. The quantitative estimate of drug-likeness (QED) is 0.801. The van der Waals surface area contributed by atoms with Crippen LogP contribution in [-0.4, -0.2) is 40.9 Å². The number of aliphatic carboxylic acids is 1. The Labute approximate surface area is 128 Å². The number of carboxylic acids is 1. The second kappa shape index (κ2) is 5.88. The van der Waals surface area contributed by atoms with Crippen molar-refractivity contribution in [3.63, 3.8) is 0 Å². The zero-order valence-corrected chi connectivity index (χ0v) is 12.2. The number of benzene rings is 1. The molecule has 0 aromatic heterocycles. The predicted octanol–water partition coefficient (Wildman–Crippen LogP) is 0.649. The van der Waals surface area contributed by atoms with Gasteiger partial charge in [-0.2, -0.15) is 0 Å². The molecule has 1 atom stereocenters. The first-order valence-corrected chi connectivity index (χ1v) is 7.42. The van der Waals surface area contributed by atoms with Gasteiger partial charge in [0.25, 0.3) is 0 Å².